The number of fused-ring (bicyclic) bond motifs is 4. The predicted octanol–water partition coefficient (Wildman–Crippen LogP) is 12.1. The molecule has 7 aromatic rings. The van der Waals surface area contributed by atoms with E-state index in [0.29, 0.717) is 0 Å². The fraction of sp³-hybridized carbons (Fsp3) is 0.234. The van der Waals surface area contributed by atoms with Crippen LogP contribution in [0.15, 0.2) is 121 Å². The second kappa shape index (κ2) is 13.1. The molecule has 266 valence electrons. The molecule has 8 rings (SSSR count). The van der Waals surface area contributed by atoms with Crippen LogP contribution >= 0.6 is 0 Å². The number of hydrogen-bond donors (Lipinski definition) is 0. The summed E-state index contributed by atoms with van der Waals surface area (Å²) in [6.45, 7) is 20.3. The quantitative estimate of drug-likeness (QED) is 0.161. The van der Waals surface area contributed by atoms with Crippen LogP contribution in [0.4, 0.5) is 22.7 Å². The summed E-state index contributed by atoms with van der Waals surface area (Å²) in [5, 5.41) is 2.37. The van der Waals surface area contributed by atoms with Gasteiger partial charge in [-0.1, -0.05) is 103 Å². The van der Waals surface area contributed by atoms with Crippen molar-refractivity contribution in [1.82, 2.24) is 9.55 Å². The second-order valence-corrected chi connectivity index (χ2v) is 16.4. The van der Waals surface area contributed by atoms with Crippen molar-refractivity contribution < 1.29 is 21.1 Å². The van der Waals surface area contributed by atoms with Crippen molar-refractivity contribution in [3.8, 4) is 5.82 Å². The van der Waals surface area contributed by atoms with Gasteiger partial charge in [-0.25, -0.2) is 4.98 Å². The smallest absolute Gasteiger partial charge is 0.135 e. The van der Waals surface area contributed by atoms with Gasteiger partial charge >= 0.3 is 0 Å². The number of anilines is 4. The van der Waals surface area contributed by atoms with Gasteiger partial charge in [0.25, 0.3) is 0 Å². The van der Waals surface area contributed by atoms with Crippen LogP contribution in [0.1, 0.15) is 77.6 Å². The Morgan fingerprint density at radius 1 is 0.577 bits per heavy atom. The fourth-order valence-corrected chi connectivity index (χ4v) is 7.24. The number of pyridine rings is 1. The molecule has 0 amide bonds. The number of hydrogen-bond acceptors (Lipinski definition) is 3. The molecule has 0 atom stereocenters. The zero-order chi connectivity index (χ0) is 35.7. The molecular weight excluding hydrogens is 816 g/mol. The van der Waals surface area contributed by atoms with Gasteiger partial charge in [0.2, 0.25) is 0 Å². The van der Waals surface area contributed by atoms with E-state index in [-0.39, 0.29) is 37.3 Å². The van der Waals surface area contributed by atoms with Gasteiger partial charge in [0.05, 0.1) is 0 Å². The van der Waals surface area contributed by atoms with Gasteiger partial charge in [-0.05, 0) is 75.2 Å². The Hall–Kier alpha value is -4.66. The van der Waals surface area contributed by atoms with Crippen LogP contribution < -0.4 is 9.80 Å². The van der Waals surface area contributed by atoms with Crippen LogP contribution in [0.3, 0.4) is 0 Å². The zero-order valence-corrected chi connectivity index (χ0v) is 33.5. The van der Waals surface area contributed by atoms with E-state index in [0.717, 1.165) is 50.7 Å². The minimum Gasteiger partial charge on any atom is -0.493 e. The number of rotatable bonds is 5. The van der Waals surface area contributed by atoms with Crippen LogP contribution in [-0.2, 0) is 37.3 Å². The van der Waals surface area contributed by atoms with Gasteiger partial charge in [-0.15, -0.1) is 17.7 Å². The van der Waals surface area contributed by atoms with Crippen molar-refractivity contribution in [1.29, 1.82) is 0 Å². The van der Waals surface area contributed by atoms with Crippen molar-refractivity contribution in [2.75, 3.05) is 9.80 Å². The second-order valence-electron chi connectivity index (χ2n) is 16.4. The van der Waals surface area contributed by atoms with Crippen LogP contribution in [0.2, 0.25) is 0 Å². The van der Waals surface area contributed by atoms with Gasteiger partial charge in [-0.2, -0.15) is 53.6 Å². The Morgan fingerprint density at radius 3 is 1.98 bits per heavy atom. The Balaban J connectivity index is 0.00000420. The first kappa shape index (κ1) is 35.7. The number of benzene rings is 5. The van der Waals surface area contributed by atoms with E-state index in [4.69, 9.17) is 4.98 Å². The van der Waals surface area contributed by atoms with Crippen molar-refractivity contribution in [3.05, 3.63) is 163 Å². The monoisotopic (exact) mass is 860 g/mol. The molecule has 4 nitrogen and oxygen atoms in total. The summed E-state index contributed by atoms with van der Waals surface area (Å²) in [6, 6.07) is 49.2. The normalized spacial score (nSPS) is 13.5. The molecule has 2 aromatic heterocycles. The maximum Gasteiger partial charge on any atom is 0.135 e. The van der Waals surface area contributed by atoms with E-state index < -0.39 is 0 Å². The molecule has 3 heterocycles. The van der Waals surface area contributed by atoms with Gasteiger partial charge < -0.3 is 14.4 Å². The summed E-state index contributed by atoms with van der Waals surface area (Å²) in [5.41, 5.74) is 11.0. The molecule has 0 bridgehead atoms. The number of para-hydroxylation sites is 3. The van der Waals surface area contributed by atoms with Gasteiger partial charge in [0.1, 0.15) is 5.82 Å². The van der Waals surface area contributed by atoms with E-state index in [1.165, 1.54) is 21.9 Å². The largest absolute Gasteiger partial charge is 0.493 e. The average molecular weight is 861 g/mol. The molecule has 5 aromatic carbocycles. The summed E-state index contributed by atoms with van der Waals surface area (Å²) in [6.07, 6.45) is 1.93. The summed E-state index contributed by atoms with van der Waals surface area (Å²) in [7, 11) is 0. The van der Waals surface area contributed by atoms with E-state index in [1.54, 1.807) is 0 Å². The molecule has 52 heavy (non-hydrogen) atoms. The molecule has 0 saturated carbocycles. The predicted molar refractivity (Wildman–Crippen MR) is 214 cm³/mol. The average Bonchev–Trinajstić information content (AvgIpc) is 3.67. The molecule has 0 aliphatic carbocycles. The third-order valence-electron chi connectivity index (χ3n) is 10.4. The minimum atomic E-state index is -0.383. The molecule has 0 N–H and O–H groups in total. The van der Waals surface area contributed by atoms with E-state index >= 15 is 0 Å². The maximum absolute atomic E-state index is 4.89. The van der Waals surface area contributed by atoms with Crippen molar-refractivity contribution in [3.63, 3.8) is 0 Å². The molecule has 1 aliphatic rings. The summed E-state index contributed by atoms with van der Waals surface area (Å²) < 4.78 is 2.28. The molecule has 1 aliphatic heterocycles. The minimum absolute atomic E-state index is 0. The maximum atomic E-state index is 4.89. The molecule has 0 radical (unpaired) electrons. The van der Waals surface area contributed by atoms with Gasteiger partial charge in [0, 0.05) is 49.8 Å². The van der Waals surface area contributed by atoms with Crippen LogP contribution in [0, 0.1) is 18.8 Å². The molecule has 0 spiro atoms. The Bertz CT molecular complexity index is 2420. The van der Waals surface area contributed by atoms with Gasteiger partial charge in [0.15, 0.2) is 0 Å². The Kier molecular flexibility index (Phi) is 8.99. The summed E-state index contributed by atoms with van der Waals surface area (Å²) in [4.78, 5) is 9.44. The third kappa shape index (κ3) is 6.15. The van der Waals surface area contributed by atoms with Gasteiger partial charge in [-0.3, -0.25) is 0 Å². The molecular formula is C47H45N4Pt-3. The Labute approximate surface area is 323 Å². The van der Waals surface area contributed by atoms with Crippen molar-refractivity contribution in [2.45, 2.75) is 71.6 Å². The first-order valence-corrected chi connectivity index (χ1v) is 17.9. The molecule has 0 unspecified atom stereocenters. The van der Waals surface area contributed by atoms with Crippen LogP contribution in [-0.4, -0.2) is 9.55 Å². The zero-order valence-electron chi connectivity index (χ0n) is 31.2. The third-order valence-corrected chi connectivity index (χ3v) is 10.4. The molecule has 5 heteroatoms. The first-order chi connectivity index (χ1) is 24.3. The standard InChI is InChI=1S/C47H45N4.Pt/c1-45(2,3)32-15-13-17-36(27-32)49-31-50(42-22-12-11-21-41(42)49)37-18-14-16-34(28-37)47(7,8)35-23-24-39-38-19-9-10-20-40(38)51(43(39)29-35)44-30-33(25-26-48-44)46(4,5)6;/h9-27,30-31H,1-8H3;/q-3;. The van der Waals surface area contributed by atoms with Crippen molar-refractivity contribution >= 4 is 44.6 Å². The van der Waals surface area contributed by atoms with E-state index in [1.807, 2.05) is 6.20 Å². The summed E-state index contributed by atoms with van der Waals surface area (Å²) in [5.74, 6) is 0.911. The SMILES string of the molecule is CC(C)(C)c1cccc(N2[CH-]N(c3[c-]c(C(C)(C)c4[c-]c5c(cc4)c4ccccc4n5-c4cc(C(C)(C)C)ccn4)ccc3)c3ccccc32)c1.[Pt]. The number of nitrogens with zero attached hydrogens (tertiary/aromatic N) is 4. The van der Waals surface area contributed by atoms with E-state index in [9.17, 15) is 0 Å². The fourth-order valence-electron chi connectivity index (χ4n) is 7.24. The molecule has 0 fully saturated rings. The van der Waals surface area contributed by atoms with Crippen LogP contribution in [0.25, 0.3) is 27.6 Å². The Morgan fingerprint density at radius 2 is 1.23 bits per heavy atom. The first-order valence-electron chi connectivity index (χ1n) is 17.9. The molecule has 0 saturated heterocycles. The summed E-state index contributed by atoms with van der Waals surface area (Å²) >= 11 is 0. The van der Waals surface area contributed by atoms with E-state index in [2.05, 4.69) is 204 Å². The van der Waals surface area contributed by atoms with Crippen LogP contribution in [0.5, 0.6) is 0 Å². The topological polar surface area (TPSA) is 24.3 Å². The van der Waals surface area contributed by atoms with Crippen molar-refractivity contribution in [2.24, 2.45) is 0 Å². The number of aromatic nitrogens is 2.